The third-order valence-corrected chi connectivity index (χ3v) is 2.24. The lowest BCUT2D eigenvalue weighted by atomic mass is 10.0. The maximum Gasteiger partial charge on any atom is 0.354 e. The summed E-state index contributed by atoms with van der Waals surface area (Å²) in [6.07, 6.45) is 4.94. The molecule has 2 rings (SSSR count). The van der Waals surface area contributed by atoms with E-state index < -0.39 is 5.97 Å². The number of rotatable bonds is 2. The van der Waals surface area contributed by atoms with Crippen molar-refractivity contribution in [1.29, 1.82) is 0 Å². The molecule has 1 aliphatic heterocycles. The SMILES string of the molecule is O=C(O)C1=NCCCC1=Cc1ccco1. The topological polar surface area (TPSA) is 62.8 Å². The van der Waals surface area contributed by atoms with Crippen molar-refractivity contribution in [2.45, 2.75) is 12.8 Å². The first-order valence-electron chi connectivity index (χ1n) is 4.79. The highest BCUT2D eigenvalue weighted by molar-refractivity contribution is 6.43. The lowest BCUT2D eigenvalue weighted by Crippen LogP contribution is -2.19. The molecular formula is C11H11NO3. The summed E-state index contributed by atoms with van der Waals surface area (Å²) in [6.45, 7) is 0.594. The highest BCUT2D eigenvalue weighted by Crippen LogP contribution is 2.18. The first-order chi connectivity index (χ1) is 7.27. The van der Waals surface area contributed by atoms with E-state index in [1.807, 2.05) is 0 Å². The minimum absolute atomic E-state index is 0.164. The normalized spacial score (nSPS) is 18.9. The Balaban J connectivity index is 2.31. The van der Waals surface area contributed by atoms with Crippen molar-refractivity contribution in [2.24, 2.45) is 4.99 Å². The van der Waals surface area contributed by atoms with E-state index in [2.05, 4.69) is 4.99 Å². The summed E-state index contributed by atoms with van der Waals surface area (Å²) in [6, 6.07) is 3.56. The molecule has 0 fully saturated rings. The van der Waals surface area contributed by atoms with Crippen LogP contribution in [-0.4, -0.2) is 23.3 Å². The molecule has 4 heteroatoms. The van der Waals surface area contributed by atoms with E-state index in [1.54, 1.807) is 24.5 Å². The Bertz CT molecular complexity index is 415. The lowest BCUT2D eigenvalue weighted by molar-refractivity contribution is -0.129. The second kappa shape index (κ2) is 4.13. The number of carboxylic acids is 1. The second-order valence-corrected chi connectivity index (χ2v) is 3.32. The Hall–Kier alpha value is -1.84. The predicted octanol–water partition coefficient (Wildman–Crippen LogP) is 1.98. The Labute approximate surface area is 86.9 Å². The minimum atomic E-state index is -0.965. The van der Waals surface area contributed by atoms with Gasteiger partial charge in [-0.25, -0.2) is 4.79 Å². The summed E-state index contributed by atoms with van der Waals surface area (Å²) in [5.74, 6) is -0.298. The summed E-state index contributed by atoms with van der Waals surface area (Å²) in [7, 11) is 0. The summed E-state index contributed by atoms with van der Waals surface area (Å²) in [5, 5.41) is 8.94. The quantitative estimate of drug-likeness (QED) is 0.802. The lowest BCUT2D eigenvalue weighted by Gasteiger charge is -2.11. The zero-order valence-corrected chi connectivity index (χ0v) is 8.14. The Morgan fingerprint density at radius 2 is 2.47 bits per heavy atom. The zero-order chi connectivity index (χ0) is 10.7. The molecule has 0 aliphatic carbocycles. The van der Waals surface area contributed by atoms with Crippen molar-refractivity contribution in [1.82, 2.24) is 0 Å². The van der Waals surface area contributed by atoms with Crippen LogP contribution < -0.4 is 0 Å². The van der Waals surface area contributed by atoms with Crippen LogP contribution in [0, 0.1) is 0 Å². The van der Waals surface area contributed by atoms with Gasteiger partial charge in [-0.3, -0.25) is 4.99 Å². The van der Waals surface area contributed by atoms with Gasteiger partial charge in [0.25, 0.3) is 0 Å². The first-order valence-corrected chi connectivity index (χ1v) is 4.79. The average molecular weight is 205 g/mol. The van der Waals surface area contributed by atoms with Crippen LogP contribution >= 0.6 is 0 Å². The van der Waals surface area contributed by atoms with E-state index in [-0.39, 0.29) is 5.71 Å². The molecule has 0 unspecified atom stereocenters. The van der Waals surface area contributed by atoms with Gasteiger partial charge in [0.15, 0.2) is 0 Å². The Morgan fingerprint density at radius 3 is 3.13 bits per heavy atom. The maximum absolute atomic E-state index is 10.9. The zero-order valence-electron chi connectivity index (χ0n) is 8.14. The smallest absolute Gasteiger partial charge is 0.354 e. The van der Waals surface area contributed by atoms with Crippen molar-refractivity contribution >= 4 is 17.8 Å². The van der Waals surface area contributed by atoms with E-state index in [1.165, 1.54) is 0 Å². The number of hydrogen-bond donors (Lipinski definition) is 1. The van der Waals surface area contributed by atoms with Crippen LogP contribution in [0.15, 0.2) is 33.4 Å². The maximum atomic E-state index is 10.9. The molecule has 0 radical (unpaired) electrons. The molecule has 1 aromatic rings. The molecule has 4 nitrogen and oxygen atoms in total. The molecule has 0 atom stereocenters. The molecule has 0 amide bonds. The average Bonchev–Trinajstić information content (AvgIpc) is 2.71. The number of carboxylic acid groups (broad SMARTS) is 1. The second-order valence-electron chi connectivity index (χ2n) is 3.32. The van der Waals surface area contributed by atoms with Crippen LogP contribution in [0.4, 0.5) is 0 Å². The fourth-order valence-electron chi connectivity index (χ4n) is 1.57. The van der Waals surface area contributed by atoms with Crippen LogP contribution in [0.5, 0.6) is 0 Å². The predicted molar refractivity (Wildman–Crippen MR) is 55.9 cm³/mol. The first kappa shape index (κ1) is 9.71. The summed E-state index contributed by atoms with van der Waals surface area (Å²) in [5.41, 5.74) is 0.904. The number of furan rings is 1. The fraction of sp³-hybridized carbons (Fsp3) is 0.273. The Kier molecular flexibility index (Phi) is 2.67. The third kappa shape index (κ3) is 2.15. The molecule has 15 heavy (non-hydrogen) atoms. The number of carbonyl (C=O) groups is 1. The number of hydrogen-bond acceptors (Lipinski definition) is 3. The van der Waals surface area contributed by atoms with Crippen LogP contribution in [0.25, 0.3) is 6.08 Å². The number of aliphatic carboxylic acids is 1. The van der Waals surface area contributed by atoms with Gasteiger partial charge in [-0.15, -0.1) is 0 Å². The molecule has 0 aromatic carbocycles. The van der Waals surface area contributed by atoms with E-state index >= 15 is 0 Å². The van der Waals surface area contributed by atoms with Crippen molar-refractivity contribution in [3.63, 3.8) is 0 Å². The van der Waals surface area contributed by atoms with Crippen LogP contribution in [0.2, 0.25) is 0 Å². The van der Waals surface area contributed by atoms with Gasteiger partial charge >= 0.3 is 5.97 Å². The van der Waals surface area contributed by atoms with Gasteiger partial charge in [0.2, 0.25) is 0 Å². The van der Waals surface area contributed by atoms with Crippen molar-refractivity contribution in [2.75, 3.05) is 6.54 Å². The third-order valence-electron chi connectivity index (χ3n) is 2.24. The highest BCUT2D eigenvalue weighted by atomic mass is 16.4. The molecule has 1 aliphatic rings. The number of nitrogens with zero attached hydrogens (tertiary/aromatic N) is 1. The Morgan fingerprint density at radius 1 is 1.60 bits per heavy atom. The van der Waals surface area contributed by atoms with Crippen LogP contribution in [0.3, 0.4) is 0 Å². The van der Waals surface area contributed by atoms with Crippen molar-refractivity contribution in [3.05, 3.63) is 29.7 Å². The van der Waals surface area contributed by atoms with Crippen molar-refractivity contribution < 1.29 is 14.3 Å². The van der Waals surface area contributed by atoms with E-state index in [0.29, 0.717) is 12.3 Å². The summed E-state index contributed by atoms with van der Waals surface area (Å²) < 4.78 is 5.14. The molecule has 2 heterocycles. The summed E-state index contributed by atoms with van der Waals surface area (Å²) in [4.78, 5) is 14.9. The van der Waals surface area contributed by atoms with Gasteiger partial charge in [-0.05, 0) is 36.6 Å². The van der Waals surface area contributed by atoms with E-state index in [4.69, 9.17) is 9.52 Å². The van der Waals surface area contributed by atoms with Crippen LogP contribution in [0.1, 0.15) is 18.6 Å². The molecule has 1 aromatic heterocycles. The van der Waals surface area contributed by atoms with Gasteiger partial charge in [-0.1, -0.05) is 0 Å². The molecule has 0 spiro atoms. The molecule has 0 bridgehead atoms. The molecule has 0 saturated carbocycles. The molecule has 1 N–H and O–H groups in total. The standard InChI is InChI=1S/C11H11NO3/c13-11(14)10-8(3-1-5-12-10)7-9-4-2-6-15-9/h2,4,6-7H,1,3,5H2,(H,13,14). The van der Waals surface area contributed by atoms with Crippen molar-refractivity contribution in [3.8, 4) is 0 Å². The van der Waals surface area contributed by atoms with Gasteiger partial charge in [-0.2, -0.15) is 0 Å². The molecule has 78 valence electrons. The van der Waals surface area contributed by atoms with Gasteiger partial charge in [0.05, 0.1) is 6.26 Å². The molecule has 0 saturated heterocycles. The van der Waals surface area contributed by atoms with E-state index in [0.717, 1.165) is 18.4 Å². The summed E-state index contributed by atoms with van der Waals surface area (Å²) >= 11 is 0. The van der Waals surface area contributed by atoms with Crippen LogP contribution in [-0.2, 0) is 4.79 Å². The fourth-order valence-corrected chi connectivity index (χ4v) is 1.57. The highest BCUT2D eigenvalue weighted by Gasteiger charge is 2.18. The number of aliphatic imine (C=N–C) groups is 1. The van der Waals surface area contributed by atoms with E-state index in [9.17, 15) is 4.79 Å². The molecular weight excluding hydrogens is 194 g/mol. The van der Waals surface area contributed by atoms with Gasteiger partial charge in [0.1, 0.15) is 11.5 Å². The minimum Gasteiger partial charge on any atom is -0.477 e. The van der Waals surface area contributed by atoms with Gasteiger partial charge in [0, 0.05) is 6.54 Å². The largest absolute Gasteiger partial charge is 0.477 e. The monoisotopic (exact) mass is 205 g/mol. The van der Waals surface area contributed by atoms with Gasteiger partial charge < -0.3 is 9.52 Å².